The number of nitrogens with two attached hydrogens (primary N) is 1. The maximum absolute atomic E-state index is 12.8. The van der Waals surface area contributed by atoms with Crippen LogP contribution in [0.2, 0.25) is 5.02 Å². The summed E-state index contributed by atoms with van der Waals surface area (Å²) in [5, 5.41) is 0.247. The lowest BCUT2D eigenvalue weighted by atomic mass is 10.0. The Hall–Kier alpha value is 0.150. The first-order valence-electron chi connectivity index (χ1n) is 6.64. The maximum atomic E-state index is 12.8. The number of nitrogens with zero attached hydrogens (tertiary/aromatic N) is 1. The van der Waals surface area contributed by atoms with Gasteiger partial charge in [-0.15, -0.1) is 12.4 Å². The lowest BCUT2D eigenvalue weighted by Crippen LogP contribution is -2.44. The minimum Gasteiger partial charge on any atom is -0.330 e. The summed E-state index contributed by atoms with van der Waals surface area (Å²) in [6.45, 7) is 1.03. The monoisotopic (exact) mass is 416 g/mol. The summed E-state index contributed by atoms with van der Waals surface area (Å²) in [5.74, 6) is 0. The Morgan fingerprint density at radius 1 is 1.38 bits per heavy atom. The molecule has 0 saturated carbocycles. The summed E-state index contributed by atoms with van der Waals surface area (Å²) in [7, 11) is -3.56. The average Bonchev–Trinajstić information content (AvgIpc) is 2.39. The standard InChI is InChI=1S/C13H18BrClN2O2S.ClH/c14-10-4-5-13(12(15)9-10)20(18,19)17-8-2-1-3-11(17)6-7-16;/h4-5,9,11H,1-3,6-8,16H2;1H. The van der Waals surface area contributed by atoms with Crippen molar-refractivity contribution < 1.29 is 8.42 Å². The molecule has 0 aromatic heterocycles. The van der Waals surface area contributed by atoms with Crippen LogP contribution in [0.3, 0.4) is 0 Å². The molecule has 1 aliphatic rings. The van der Waals surface area contributed by atoms with E-state index >= 15 is 0 Å². The van der Waals surface area contributed by atoms with Gasteiger partial charge in [-0.25, -0.2) is 8.42 Å². The summed E-state index contributed by atoms with van der Waals surface area (Å²) in [4.78, 5) is 0.172. The zero-order valence-corrected chi connectivity index (χ0v) is 15.4. The Bertz CT molecular complexity index is 582. The normalized spacial score (nSPS) is 20.0. The number of hydrogen-bond donors (Lipinski definition) is 1. The van der Waals surface area contributed by atoms with Crippen LogP contribution in [-0.4, -0.2) is 31.9 Å². The average molecular weight is 418 g/mol. The molecule has 0 amide bonds. The van der Waals surface area contributed by atoms with E-state index in [0.29, 0.717) is 19.5 Å². The van der Waals surface area contributed by atoms with Crippen molar-refractivity contribution in [2.45, 2.75) is 36.6 Å². The SMILES string of the molecule is Cl.NCCC1CCCCN1S(=O)(=O)c1ccc(Br)cc1Cl. The summed E-state index contributed by atoms with van der Waals surface area (Å²) >= 11 is 9.38. The first-order chi connectivity index (χ1) is 9.46. The van der Waals surface area contributed by atoms with Crippen molar-refractivity contribution in [2.75, 3.05) is 13.1 Å². The van der Waals surface area contributed by atoms with E-state index in [1.165, 1.54) is 0 Å². The molecule has 1 unspecified atom stereocenters. The molecule has 0 bridgehead atoms. The van der Waals surface area contributed by atoms with Crippen molar-refractivity contribution in [2.24, 2.45) is 5.73 Å². The smallest absolute Gasteiger partial charge is 0.244 e. The van der Waals surface area contributed by atoms with Gasteiger partial charge in [-0.1, -0.05) is 34.0 Å². The van der Waals surface area contributed by atoms with Crippen molar-refractivity contribution in [1.29, 1.82) is 0 Å². The highest BCUT2D eigenvalue weighted by atomic mass is 79.9. The van der Waals surface area contributed by atoms with Crippen molar-refractivity contribution in [3.63, 3.8) is 0 Å². The van der Waals surface area contributed by atoms with E-state index in [2.05, 4.69) is 15.9 Å². The summed E-state index contributed by atoms with van der Waals surface area (Å²) in [6.07, 6.45) is 3.48. The van der Waals surface area contributed by atoms with Crippen molar-refractivity contribution >= 4 is 50.0 Å². The third-order valence-electron chi connectivity index (χ3n) is 3.55. The van der Waals surface area contributed by atoms with Gasteiger partial charge in [0.05, 0.1) is 5.02 Å². The van der Waals surface area contributed by atoms with Crippen molar-refractivity contribution in [1.82, 2.24) is 4.31 Å². The Labute approximate surface area is 145 Å². The molecule has 1 aliphatic heterocycles. The fourth-order valence-corrected chi connectivity index (χ4v) is 5.32. The van der Waals surface area contributed by atoms with Crippen LogP contribution in [0.25, 0.3) is 0 Å². The van der Waals surface area contributed by atoms with Crippen LogP contribution in [0.1, 0.15) is 25.7 Å². The molecule has 120 valence electrons. The Morgan fingerprint density at radius 3 is 2.71 bits per heavy atom. The van der Waals surface area contributed by atoms with Gasteiger partial charge in [0.2, 0.25) is 10.0 Å². The van der Waals surface area contributed by atoms with Gasteiger partial charge in [-0.3, -0.25) is 0 Å². The zero-order valence-electron chi connectivity index (χ0n) is 11.5. The van der Waals surface area contributed by atoms with Gasteiger partial charge in [0.15, 0.2) is 0 Å². The fourth-order valence-electron chi connectivity index (χ4n) is 2.58. The quantitative estimate of drug-likeness (QED) is 0.816. The minimum atomic E-state index is -3.56. The highest BCUT2D eigenvalue weighted by Crippen LogP contribution is 2.31. The number of hydrogen-bond acceptors (Lipinski definition) is 3. The largest absolute Gasteiger partial charge is 0.330 e. The number of piperidine rings is 1. The van der Waals surface area contributed by atoms with E-state index in [4.69, 9.17) is 17.3 Å². The summed E-state index contributed by atoms with van der Waals surface area (Å²) in [6, 6.07) is 4.84. The first kappa shape index (κ1) is 19.2. The van der Waals surface area contributed by atoms with Crippen LogP contribution in [0.5, 0.6) is 0 Å². The highest BCUT2D eigenvalue weighted by molar-refractivity contribution is 9.10. The topological polar surface area (TPSA) is 63.4 Å². The fraction of sp³-hybridized carbons (Fsp3) is 0.538. The number of sulfonamides is 1. The molecule has 1 saturated heterocycles. The molecule has 0 aliphatic carbocycles. The van der Waals surface area contributed by atoms with E-state index in [1.54, 1.807) is 22.5 Å². The van der Waals surface area contributed by atoms with Crippen LogP contribution in [0, 0.1) is 0 Å². The van der Waals surface area contributed by atoms with Crippen LogP contribution < -0.4 is 5.73 Å². The Morgan fingerprint density at radius 2 is 2.10 bits per heavy atom. The molecule has 2 N–H and O–H groups in total. The van der Waals surface area contributed by atoms with Crippen LogP contribution >= 0.6 is 39.9 Å². The van der Waals surface area contributed by atoms with E-state index < -0.39 is 10.0 Å². The number of halogens is 3. The van der Waals surface area contributed by atoms with Gasteiger partial charge in [0, 0.05) is 17.1 Å². The van der Waals surface area contributed by atoms with Crippen LogP contribution in [0.4, 0.5) is 0 Å². The lowest BCUT2D eigenvalue weighted by molar-refractivity contribution is 0.243. The molecule has 0 spiro atoms. The van der Waals surface area contributed by atoms with E-state index in [9.17, 15) is 8.42 Å². The Kier molecular flexibility index (Phi) is 7.43. The molecule has 1 aromatic carbocycles. The van der Waals surface area contributed by atoms with Gasteiger partial charge in [0.1, 0.15) is 4.90 Å². The summed E-state index contributed by atoms with van der Waals surface area (Å²) in [5.41, 5.74) is 5.60. The highest BCUT2D eigenvalue weighted by Gasteiger charge is 2.34. The molecule has 1 heterocycles. The molecular weight excluding hydrogens is 399 g/mol. The van der Waals surface area contributed by atoms with Gasteiger partial charge < -0.3 is 5.73 Å². The first-order valence-corrected chi connectivity index (χ1v) is 9.25. The second-order valence-corrected chi connectivity index (χ2v) is 8.10. The molecule has 2 rings (SSSR count). The molecule has 1 atom stereocenters. The molecular formula is C13H19BrCl2N2O2S. The van der Waals surface area contributed by atoms with E-state index in [0.717, 1.165) is 23.7 Å². The lowest BCUT2D eigenvalue weighted by Gasteiger charge is -2.34. The molecule has 21 heavy (non-hydrogen) atoms. The van der Waals surface area contributed by atoms with Gasteiger partial charge in [-0.2, -0.15) is 4.31 Å². The second kappa shape index (κ2) is 8.13. The molecule has 1 fully saturated rings. The zero-order chi connectivity index (χ0) is 14.8. The predicted molar refractivity (Wildman–Crippen MR) is 91.6 cm³/mol. The van der Waals surface area contributed by atoms with Crippen LogP contribution in [0.15, 0.2) is 27.6 Å². The number of rotatable bonds is 4. The molecule has 8 heteroatoms. The third-order valence-corrected chi connectivity index (χ3v) is 6.48. The molecule has 0 radical (unpaired) electrons. The van der Waals surface area contributed by atoms with Crippen molar-refractivity contribution in [3.05, 3.63) is 27.7 Å². The molecule has 4 nitrogen and oxygen atoms in total. The molecule has 1 aromatic rings. The van der Waals surface area contributed by atoms with Gasteiger partial charge in [-0.05, 0) is 44.0 Å². The Balaban J connectivity index is 0.00000220. The van der Waals surface area contributed by atoms with E-state index in [1.807, 2.05) is 0 Å². The minimum absolute atomic E-state index is 0. The van der Waals surface area contributed by atoms with E-state index in [-0.39, 0.29) is 28.4 Å². The predicted octanol–water partition coefficient (Wildman–Crippen LogP) is 3.42. The summed E-state index contributed by atoms with van der Waals surface area (Å²) < 4.78 is 27.9. The third kappa shape index (κ3) is 4.33. The van der Waals surface area contributed by atoms with Gasteiger partial charge in [0.25, 0.3) is 0 Å². The second-order valence-electron chi connectivity index (χ2n) is 4.92. The van der Waals surface area contributed by atoms with Crippen LogP contribution in [-0.2, 0) is 10.0 Å². The van der Waals surface area contributed by atoms with Gasteiger partial charge >= 0.3 is 0 Å². The van der Waals surface area contributed by atoms with Crippen molar-refractivity contribution in [3.8, 4) is 0 Å². The maximum Gasteiger partial charge on any atom is 0.244 e. The number of benzene rings is 1.